The molecule has 0 amide bonds. The highest BCUT2D eigenvalue weighted by Crippen LogP contribution is 2.20. The standard InChI is InChI=1S/C20H19N5O/c1-14-12-17(26)25-18(16-10-6-3-7-11-16)23-19(24-20(25)22-14)21-13-15-8-4-2-5-9-15/h2-12,18H,13H2,1H3,(H2,21,22,23,24)/p+1/t18-/m1/s1. The Bertz CT molecular complexity index is 996. The number of fused-ring (bicyclic) bond motifs is 1. The molecule has 26 heavy (non-hydrogen) atoms. The van der Waals surface area contributed by atoms with Crippen LogP contribution in [0.3, 0.4) is 0 Å². The lowest BCUT2D eigenvalue weighted by Crippen LogP contribution is -2.78. The molecule has 1 aliphatic rings. The van der Waals surface area contributed by atoms with Crippen LogP contribution in [0, 0.1) is 6.92 Å². The van der Waals surface area contributed by atoms with Crippen LogP contribution in [-0.4, -0.2) is 15.5 Å². The van der Waals surface area contributed by atoms with Crippen molar-refractivity contribution in [2.24, 2.45) is 0 Å². The third-order valence-electron chi connectivity index (χ3n) is 4.28. The van der Waals surface area contributed by atoms with Gasteiger partial charge in [0, 0.05) is 17.3 Å². The molecule has 1 aromatic heterocycles. The molecule has 0 radical (unpaired) electrons. The fourth-order valence-electron chi connectivity index (χ4n) is 3.04. The average molecular weight is 346 g/mol. The van der Waals surface area contributed by atoms with Gasteiger partial charge in [0.1, 0.15) is 0 Å². The summed E-state index contributed by atoms with van der Waals surface area (Å²) in [6.45, 7) is 2.48. The van der Waals surface area contributed by atoms with Crippen molar-refractivity contribution in [3.05, 3.63) is 93.9 Å². The summed E-state index contributed by atoms with van der Waals surface area (Å²) >= 11 is 0. The molecule has 130 valence electrons. The van der Waals surface area contributed by atoms with Crippen LogP contribution in [0.1, 0.15) is 23.0 Å². The highest BCUT2D eigenvalue weighted by Gasteiger charge is 2.31. The van der Waals surface area contributed by atoms with E-state index < -0.39 is 0 Å². The topological polar surface area (TPSA) is 72.9 Å². The zero-order chi connectivity index (χ0) is 17.9. The van der Waals surface area contributed by atoms with Gasteiger partial charge >= 0.3 is 5.96 Å². The highest BCUT2D eigenvalue weighted by molar-refractivity contribution is 5.89. The van der Waals surface area contributed by atoms with Crippen molar-refractivity contribution in [3.8, 4) is 0 Å². The Hall–Kier alpha value is -3.41. The van der Waals surface area contributed by atoms with Crippen molar-refractivity contribution in [2.75, 3.05) is 5.32 Å². The summed E-state index contributed by atoms with van der Waals surface area (Å²) in [5.74, 6) is 1.25. The summed E-state index contributed by atoms with van der Waals surface area (Å²) < 4.78 is 1.63. The second-order valence-electron chi connectivity index (χ2n) is 6.23. The van der Waals surface area contributed by atoms with Gasteiger partial charge in [-0.25, -0.2) is 14.9 Å². The number of hydrogen-bond acceptors (Lipinski definition) is 2. The minimum Gasteiger partial charge on any atom is -0.273 e. The van der Waals surface area contributed by atoms with Gasteiger partial charge in [-0.1, -0.05) is 60.7 Å². The van der Waals surface area contributed by atoms with Crippen LogP contribution in [0.4, 0.5) is 5.95 Å². The predicted molar refractivity (Wildman–Crippen MR) is 101 cm³/mol. The summed E-state index contributed by atoms with van der Waals surface area (Å²) in [5, 5.41) is 6.57. The van der Waals surface area contributed by atoms with Gasteiger partial charge in [0.2, 0.25) is 0 Å². The van der Waals surface area contributed by atoms with Crippen molar-refractivity contribution >= 4 is 11.9 Å². The molecule has 0 fully saturated rings. The smallest absolute Gasteiger partial charge is 0.273 e. The quantitative estimate of drug-likeness (QED) is 0.654. The normalized spacial score (nSPS) is 17.3. The molecular weight excluding hydrogens is 326 g/mol. The summed E-state index contributed by atoms with van der Waals surface area (Å²) in [7, 11) is 0. The van der Waals surface area contributed by atoms with E-state index in [1.54, 1.807) is 10.6 Å². The minimum absolute atomic E-state index is 0.0940. The first-order chi connectivity index (χ1) is 12.7. The van der Waals surface area contributed by atoms with Gasteiger partial charge in [0.25, 0.3) is 11.5 Å². The molecule has 0 bridgehead atoms. The van der Waals surface area contributed by atoms with E-state index in [0.29, 0.717) is 18.2 Å². The largest absolute Gasteiger partial charge is 0.353 e. The fourth-order valence-corrected chi connectivity index (χ4v) is 3.04. The van der Waals surface area contributed by atoms with Gasteiger partial charge in [-0.3, -0.25) is 15.1 Å². The maximum atomic E-state index is 12.6. The van der Waals surface area contributed by atoms with E-state index in [2.05, 4.69) is 32.7 Å². The van der Waals surface area contributed by atoms with Crippen LogP contribution in [0.15, 0.2) is 71.5 Å². The second-order valence-corrected chi connectivity index (χ2v) is 6.23. The van der Waals surface area contributed by atoms with Crippen molar-refractivity contribution in [2.45, 2.75) is 19.6 Å². The zero-order valence-electron chi connectivity index (χ0n) is 14.4. The van der Waals surface area contributed by atoms with Crippen molar-refractivity contribution in [3.63, 3.8) is 0 Å². The first-order valence-corrected chi connectivity index (χ1v) is 8.54. The molecule has 0 saturated heterocycles. The Kier molecular flexibility index (Phi) is 4.23. The Morgan fingerprint density at radius 2 is 1.77 bits per heavy atom. The molecular formula is C20H20N5O+. The fraction of sp³-hybridized carbons (Fsp3) is 0.150. The zero-order valence-corrected chi connectivity index (χ0v) is 14.4. The van der Waals surface area contributed by atoms with Crippen LogP contribution in [0.5, 0.6) is 0 Å². The van der Waals surface area contributed by atoms with Crippen LogP contribution in [0.25, 0.3) is 0 Å². The molecule has 6 heteroatoms. The lowest BCUT2D eigenvalue weighted by Gasteiger charge is -2.25. The summed E-state index contributed by atoms with van der Waals surface area (Å²) in [4.78, 5) is 20.4. The minimum atomic E-state index is -0.327. The highest BCUT2D eigenvalue weighted by atomic mass is 16.1. The van der Waals surface area contributed by atoms with Crippen molar-refractivity contribution in [1.29, 1.82) is 0 Å². The molecule has 1 atom stereocenters. The van der Waals surface area contributed by atoms with Crippen LogP contribution in [0.2, 0.25) is 0 Å². The molecule has 0 aliphatic carbocycles. The number of aromatic nitrogens is 2. The molecule has 1 aliphatic heterocycles. The van der Waals surface area contributed by atoms with Crippen LogP contribution in [-0.2, 0) is 6.54 Å². The molecule has 0 spiro atoms. The molecule has 3 N–H and O–H groups in total. The number of nitrogens with zero attached hydrogens (tertiary/aromatic N) is 2. The third kappa shape index (κ3) is 3.21. The van der Waals surface area contributed by atoms with Gasteiger partial charge in [-0.05, 0) is 12.5 Å². The van der Waals surface area contributed by atoms with E-state index in [1.165, 1.54) is 5.56 Å². The van der Waals surface area contributed by atoms with Crippen LogP contribution < -0.4 is 21.2 Å². The predicted octanol–water partition coefficient (Wildman–Crippen LogP) is 0.751. The van der Waals surface area contributed by atoms with Crippen LogP contribution >= 0.6 is 0 Å². The van der Waals surface area contributed by atoms with E-state index in [1.807, 2.05) is 55.5 Å². The SMILES string of the molecule is Cc1cc(=O)n2c(n1)NC(=[NH+]Cc1ccccc1)N[C@H]2c1ccccc1. The maximum Gasteiger partial charge on any atom is 0.353 e. The first-order valence-electron chi connectivity index (χ1n) is 8.54. The van der Waals surface area contributed by atoms with E-state index in [9.17, 15) is 4.79 Å². The summed E-state index contributed by atoms with van der Waals surface area (Å²) in [6.07, 6.45) is -0.327. The Morgan fingerprint density at radius 1 is 1.08 bits per heavy atom. The number of rotatable bonds is 3. The molecule has 4 rings (SSSR count). The van der Waals surface area contributed by atoms with E-state index in [0.717, 1.165) is 11.5 Å². The Labute approximate surface area is 151 Å². The average Bonchev–Trinajstić information content (AvgIpc) is 2.67. The molecule has 0 saturated carbocycles. The number of aryl methyl sites for hydroxylation is 1. The number of nitrogens with one attached hydrogen (secondary N) is 3. The molecule has 6 nitrogen and oxygen atoms in total. The second kappa shape index (κ2) is 6.84. The lowest BCUT2D eigenvalue weighted by atomic mass is 10.1. The molecule has 2 heterocycles. The Morgan fingerprint density at radius 3 is 2.50 bits per heavy atom. The number of hydrogen-bond donors (Lipinski definition) is 3. The maximum absolute atomic E-state index is 12.6. The molecule has 0 unspecified atom stereocenters. The number of guanidine groups is 1. The Balaban J connectivity index is 1.73. The molecule has 2 aromatic carbocycles. The van der Waals surface area contributed by atoms with E-state index in [4.69, 9.17) is 0 Å². The molecule has 3 aromatic rings. The van der Waals surface area contributed by atoms with E-state index >= 15 is 0 Å². The van der Waals surface area contributed by atoms with Gasteiger partial charge in [-0.2, -0.15) is 0 Å². The lowest BCUT2D eigenvalue weighted by molar-refractivity contribution is -0.477. The van der Waals surface area contributed by atoms with Gasteiger partial charge in [-0.15, -0.1) is 0 Å². The van der Waals surface area contributed by atoms with Crippen molar-refractivity contribution in [1.82, 2.24) is 14.9 Å². The first kappa shape index (κ1) is 16.1. The van der Waals surface area contributed by atoms with Crippen molar-refractivity contribution < 1.29 is 4.99 Å². The van der Waals surface area contributed by atoms with Gasteiger partial charge in [0.05, 0.1) is 6.54 Å². The summed E-state index contributed by atoms with van der Waals surface area (Å²) in [5.41, 5.74) is 2.75. The number of benzene rings is 2. The number of anilines is 1. The van der Waals surface area contributed by atoms with Gasteiger partial charge < -0.3 is 0 Å². The van der Waals surface area contributed by atoms with E-state index in [-0.39, 0.29) is 11.7 Å². The monoisotopic (exact) mass is 346 g/mol. The van der Waals surface area contributed by atoms with Gasteiger partial charge in [0.15, 0.2) is 6.17 Å². The summed E-state index contributed by atoms with van der Waals surface area (Å²) in [6, 6.07) is 21.6. The third-order valence-corrected chi connectivity index (χ3v) is 4.28.